The van der Waals surface area contributed by atoms with Crippen molar-refractivity contribution in [3.05, 3.63) is 0 Å². The van der Waals surface area contributed by atoms with Gasteiger partial charge >= 0.3 is 8.56 Å². The zero-order valence-corrected chi connectivity index (χ0v) is 11.5. The SMILES string of the molecule is CO[Si](C)(CCN1CCN(C)CC1)OC. The molecule has 1 fully saturated rings. The van der Waals surface area contributed by atoms with E-state index in [1.165, 1.54) is 26.2 Å². The summed E-state index contributed by atoms with van der Waals surface area (Å²) in [6, 6.07) is 1.06. The molecular weight excluding hydrogens is 208 g/mol. The van der Waals surface area contributed by atoms with Crippen LogP contribution in [0.1, 0.15) is 0 Å². The van der Waals surface area contributed by atoms with E-state index in [1.54, 1.807) is 14.2 Å². The first-order valence-electron chi connectivity index (χ1n) is 5.61. The third-order valence-corrected chi connectivity index (χ3v) is 6.20. The summed E-state index contributed by atoms with van der Waals surface area (Å²) in [7, 11) is 3.85. The molecule has 90 valence electrons. The Balaban J connectivity index is 2.24. The molecule has 1 aliphatic heterocycles. The van der Waals surface area contributed by atoms with Crippen LogP contribution in [0.5, 0.6) is 0 Å². The summed E-state index contributed by atoms with van der Waals surface area (Å²) in [5, 5.41) is 0. The van der Waals surface area contributed by atoms with Crippen molar-refractivity contribution < 1.29 is 8.85 Å². The van der Waals surface area contributed by atoms with E-state index < -0.39 is 8.56 Å². The van der Waals surface area contributed by atoms with Crippen molar-refractivity contribution in [2.45, 2.75) is 12.6 Å². The van der Waals surface area contributed by atoms with Gasteiger partial charge in [-0.25, -0.2) is 0 Å². The van der Waals surface area contributed by atoms with Crippen LogP contribution in [0.3, 0.4) is 0 Å². The van der Waals surface area contributed by atoms with Gasteiger partial charge in [0.15, 0.2) is 0 Å². The van der Waals surface area contributed by atoms with Gasteiger partial charge in [-0.1, -0.05) is 0 Å². The standard InChI is InChI=1S/C10H24N2O2Si/c1-11-5-7-12(8-6-11)9-10-15(4,13-2)14-3/h5-10H2,1-4H3. The van der Waals surface area contributed by atoms with Crippen molar-refractivity contribution in [3.8, 4) is 0 Å². The molecular formula is C10H24N2O2Si. The normalized spacial score (nSPS) is 20.8. The Bertz CT molecular complexity index is 180. The van der Waals surface area contributed by atoms with Gasteiger partial charge in [-0.3, -0.25) is 0 Å². The van der Waals surface area contributed by atoms with E-state index in [0.717, 1.165) is 12.6 Å². The largest absolute Gasteiger partial charge is 0.398 e. The van der Waals surface area contributed by atoms with Crippen LogP contribution in [-0.2, 0) is 8.85 Å². The Morgan fingerprint density at radius 3 is 2.07 bits per heavy atom. The molecule has 0 radical (unpaired) electrons. The number of nitrogens with zero attached hydrogens (tertiary/aromatic N) is 2. The van der Waals surface area contributed by atoms with Gasteiger partial charge in [0.05, 0.1) is 0 Å². The van der Waals surface area contributed by atoms with Crippen molar-refractivity contribution in [1.29, 1.82) is 0 Å². The highest BCUT2D eigenvalue weighted by atomic mass is 28.4. The van der Waals surface area contributed by atoms with Crippen LogP contribution in [0.4, 0.5) is 0 Å². The third kappa shape index (κ3) is 4.20. The van der Waals surface area contributed by atoms with Crippen molar-refractivity contribution in [1.82, 2.24) is 9.80 Å². The molecule has 0 aromatic heterocycles. The summed E-state index contributed by atoms with van der Waals surface area (Å²) in [6.45, 7) is 7.95. The molecule has 0 spiro atoms. The molecule has 15 heavy (non-hydrogen) atoms. The molecule has 1 rings (SSSR count). The molecule has 0 N–H and O–H groups in total. The predicted molar refractivity (Wildman–Crippen MR) is 64.4 cm³/mol. The maximum Gasteiger partial charge on any atom is 0.335 e. The minimum atomic E-state index is -1.85. The number of likely N-dealkylation sites (N-methyl/N-ethyl adjacent to an activating group) is 1. The molecule has 4 nitrogen and oxygen atoms in total. The molecule has 0 bridgehead atoms. The summed E-state index contributed by atoms with van der Waals surface area (Å²) >= 11 is 0. The van der Waals surface area contributed by atoms with Crippen molar-refractivity contribution in [3.63, 3.8) is 0 Å². The average molecular weight is 232 g/mol. The van der Waals surface area contributed by atoms with Crippen LogP contribution >= 0.6 is 0 Å². The molecule has 1 saturated heterocycles. The zero-order valence-electron chi connectivity index (χ0n) is 10.5. The molecule has 0 amide bonds. The fourth-order valence-electron chi connectivity index (χ4n) is 1.72. The predicted octanol–water partition coefficient (Wildman–Crippen LogP) is 0.599. The minimum Gasteiger partial charge on any atom is -0.398 e. The minimum absolute atomic E-state index is 1.06. The molecule has 0 atom stereocenters. The Labute approximate surface area is 94.4 Å². The fourth-order valence-corrected chi connectivity index (χ4v) is 3.02. The second-order valence-electron chi connectivity index (χ2n) is 4.44. The maximum atomic E-state index is 5.48. The second kappa shape index (κ2) is 5.96. The van der Waals surface area contributed by atoms with Gasteiger partial charge in [-0.15, -0.1) is 0 Å². The maximum absolute atomic E-state index is 5.48. The number of hydrogen-bond acceptors (Lipinski definition) is 4. The monoisotopic (exact) mass is 232 g/mol. The van der Waals surface area contributed by atoms with E-state index in [9.17, 15) is 0 Å². The van der Waals surface area contributed by atoms with Crippen LogP contribution in [0, 0.1) is 0 Å². The van der Waals surface area contributed by atoms with Crippen LogP contribution in [0.25, 0.3) is 0 Å². The fraction of sp³-hybridized carbons (Fsp3) is 1.00. The van der Waals surface area contributed by atoms with Gasteiger partial charge in [0.2, 0.25) is 0 Å². The number of piperazine rings is 1. The first-order chi connectivity index (χ1) is 7.09. The van der Waals surface area contributed by atoms with E-state index in [0.29, 0.717) is 0 Å². The first kappa shape index (κ1) is 13.1. The highest BCUT2D eigenvalue weighted by molar-refractivity contribution is 6.66. The smallest absolute Gasteiger partial charge is 0.335 e. The lowest BCUT2D eigenvalue weighted by molar-refractivity contribution is 0.154. The van der Waals surface area contributed by atoms with E-state index in [-0.39, 0.29) is 0 Å². The molecule has 0 aromatic carbocycles. The lowest BCUT2D eigenvalue weighted by Crippen LogP contribution is -2.47. The average Bonchev–Trinajstić information content (AvgIpc) is 2.28. The van der Waals surface area contributed by atoms with Gasteiger partial charge in [0.1, 0.15) is 0 Å². The summed E-state index contributed by atoms with van der Waals surface area (Å²) in [6.07, 6.45) is 0. The van der Waals surface area contributed by atoms with Gasteiger partial charge in [0.25, 0.3) is 0 Å². The van der Waals surface area contributed by atoms with E-state index in [1.807, 2.05) is 0 Å². The van der Waals surface area contributed by atoms with Crippen molar-refractivity contribution >= 4 is 8.56 Å². The highest BCUT2D eigenvalue weighted by Gasteiger charge is 2.29. The molecule has 5 heteroatoms. The summed E-state index contributed by atoms with van der Waals surface area (Å²) in [5.74, 6) is 0. The zero-order chi connectivity index (χ0) is 11.3. The van der Waals surface area contributed by atoms with Gasteiger partial charge in [-0.05, 0) is 13.6 Å². The number of rotatable bonds is 5. The molecule has 1 heterocycles. The van der Waals surface area contributed by atoms with Gasteiger partial charge in [-0.2, -0.15) is 0 Å². The summed E-state index contributed by atoms with van der Waals surface area (Å²) in [5.41, 5.74) is 0. The Kier molecular flexibility index (Phi) is 5.21. The molecule has 0 unspecified atom stereocenters. The summed E-state index contributed by atoms with van der Waals surface area (Å²) in [4.78, 5) is 4.88. The van der Waals surface area contributed by atoms with Crippen LogP contribution < -0.4 is 0 Å². The lowest BCUT2D eigenvalue weighted by Gasteiger charge is -2.34. The molecule has 0 saturated carbocycles. The van der Waals surface area contributed by atoms with Crippen LogP contribution in [-0.4, -0.2) is 72.4 Å². The van der Waals surface area contributed by atoms with E-state index in [4.69, 9.17) is 8.85 Å². The van der Waals surface area contributed by atoms with Gasteiger partial charge < -0.3 is 18.7 Å². The Morgan fingerprint density at radius 1 is 1.07 bits per heavy atom. The third-order valence-electron chi connectivity index (χ3n) is 3.34. The number of hydrogen-bond donors (Lipinski definition) is 0. The Morgan fingerprint density at radius 2 is 1.60 bits per heavy atom. The van der Waals surface area contributed by atoms with Gasteiger partial charge in [0, 0.05) is 53.0 Å². The van der Waals surface area contributed by atoms with E-state index in [2.05, 4.69) is 23.4 Å². The summed E-state index contributed by atoms with van der Waals surface area (Å²) < 4.78 is 11.0. The topological polar surface area (TPSA) is 24.9 Å². The molecule has 0 aliphatic carbocycles. The second-order valence-corrected chi connectivity index (χ2v) is 8.02. The molecule has 1 aliphatic rings. The first-order valence-corrected chi connectivity index (χ1v) is 8.13. The quantitative estimate of drug-likeness (QED) is 0.648. The van der Waals surface area contributed by atoms with Crippen molar-refractivity contribution in [2.24, 2.45) is 0 Å². The Hall–Kier alpha value is 0.0569. The highest BCUT2D eigenvalue weighted by Crippen LogP contribution is 2.12. The van der Waals surface area contributed by atoms with Crippen LogP contribution in [0.2, 0.25) is 12.6 Å². The molecule has 0 aromatic rings. The van der Waals surface area contributed by atoms with Crippen molar-refractivity contribution in [2.75, 3.05) is 54.0 Å². The van der Waals surface area contributed by atoms with Crippen LogP contribution in [0.15, 0.2) is 0 Å². The van der Waals surface area contributed by atoms with E-state index >= 15 is 0 Å². The lowest BCUT2D eigenvalue weighted by atomic mass is 10.3.